The van der Waals surface area contributed by atoms with E-state index in [1.165, 1.54) is 11.3 Å². The Balaban J connectivity index is 1.55. The smallest absolute Gasteiger partial charge is 0.407 e. The Morgan fingerprint density at radius 3 is 2.73 bits per heavy atom. The summed E-state index contributed by atoms with van der Waals surface area (Å²) in [5.41, 5.74) is 2.50. The third-order valence-electron chi connectivity index (χ3n) is 5.16. The molecule has 0 spiro atoms. The predicted octanol–water partition coefficient (Wildman–Crippen LogP) is 4.83. The molecule has 0 radical (unpaired) electrons. The third-order valence-corrected chi connectivity index (χ3v) is 7.75. The van der Waals surface area contributed by atoms with Crippen LogP contribution in [0.2, 0.25) is 0 Å². The molecule has 0 unspecified atom stereocenters. The second-order valence-electron chi connectivity index (χ2n) is 8.77. The number of carbonyl (C=O) groups is 2. The first-order valence-electron chi connectivity index (χ1n) is 10.4. The van der Waals surface area contributed by atoms with Crippen LogP contribution in [0.3, 0.4) is 0 Å². The molecule has 0 saturated heterocycles. The van der Waals surface area contributed by atoms with E-state index in [0.717, 1.165) is 40.1 Å². The Morgan fingerprint density at radius 1 is 1.30 bits per heavy atom. The van der Waals surface area contributed by atoms with Crippen LogP contribution in [0, 0.1) is 0 Å². The van der Waals surface area contributed by atoms with Crippen LogP contribution in [0.25, 0.3) is 21.6 Å². The van der Waals surface area contributed by atoms with Gasteiger partial charge in [-0.15, -0.1) is 11.3 Å². The number of anilines is 1. The summed E-state index contributed by atoms with van der Waals surface area (Å²) in [4.78, 5) is 33.2. The fourth-order valence-corrected chi connectivity index (χ4v) is 5.69. The van der Waals surface area contributed by atoms with Gasteiger partial charge in [0, 0.05) is 72.6 Å². The van der Waals surface area contributed by atoms with Gasteiger partial charge in [0.25, 0.3) is 5.91 Å². The molecule has 1 saturated carbocycles. The van der Waals surface area contributed by atoms with E-state index < -0.39 is 11.7 Å². The number of halogens is 1. The molecule has 3 aromatic rings. The summed E-state index contributed by atoms with van der Waals surface area (Å²) in [6.07, 6.45) is 4.96. The lowest BCUT2D eigenvalue weighted by molar-refractivity contribution is 0.0475. The maximum absolute atomic E-state index is 12.1. The molecule has 9 nitrogen and oxygen atoms in total. The van der Waals surface area contributed by atoms with E-state index in [0.29, 0.717) is 5.69 Å². The molecule has 33 heavy (non-hydrogen) atoms. The summed E-state index contributed by atoms with van der Waals surface area (Å²) >= 11 is 3.63. The zero-order valence-electron chi connectivity index (χ0n) is 18.6. The van der Waals surface area contributed by atoms with E-state index in [9.17, 15) is 9.59 Å². The van der Waals surface area contributed by atoms with E-state index in [1.54, 1.807) is 27.7 Å². The van der Waals surface area contributed by atoms with Crippen molar-refractivity contribution in [3.05, 3.63) is 29.5 Å². The fourth-order valence-electron chi connectivity index (χ4n) is 3.60. The Labute approximate surface area is 212 Å². The molecule has 0 bridgehead atoms. The molecule has 3 aromatic heterocycles. The van der Waals surface area contributed by atoms with Crippen molar-refractivity contribution in [1.82, 2.24) is 24.6 Å². The van der Waals surface area contributed by atoms with Crippen molar-refractivity contribution in [1.29, 1.82) is 0 Å². The van der Waals surface area contributed by atoms with Crippen molar-refractivity contribution in [2.24, 2.45) is 0 Å². The zero-order chi connectivity index (χ0) is 23.8. The topological polar surface area (TPSA) is 110 Å². The number of alkyl carbamates (subject to hydrolysis) is 1. The number of hydrogen-bond acceptors (Lipinski definition) is 8. The van der Waals surface area contributed by atoms with Gasteiger partial charge in [0.1, 0.15) is 16.3 Å². The molecule has 1 fully saturated rings. The monoisotopic (exact) mass is 600 g/mol. The lowest BCUT2D eigenvalue weighted by Gasteiger charge is -2.37. The first-order chi connectivity index (χ1) is 15.7. The average molecular weight is 601 g/mol. The van der Waals surface area contributed by atoms with Crippen LogP contribution in [0.1, 0.15) is 44.1 Å². The molecule has 4 rings (SSSR count). The largest absolute Gasteiger partial charge is 0.444 e. The lowest BCUT2D eigenvalue weighted by Crippen LogP contribution is -2.50. The van der Waals surface area contributed by atoms with E-state index in [4.69, 9.17) is 4.74 Å². The van der Waals surface area contributed by atoms with Crippen LogP contribution in [-0.2, 0) is 4.74 Å². The number of nitrogens with zero attached hydrogens (tertiary/aromatic N) is 3. The number of ether oxygens (including phenoxy) is 1. The minimum Gasteiger partial charge on any atom is -0.444 e. The maximum atomic E-state index is 12.1. The van der Waals surface area contributed by atoms with Crippen LogP contribution in [-0.4, -0.2) is 50.7 Å². The molecule has 3 N–H and O–H groups in total. The van der Waals surface area contributed by atoms with Gasteiger partial charge in [-0.2, -0.15) is 0 Å². The molecule has 1 aliphatic carbocycles. The normalized spacial score (nSPS) is 18.0. The highest BCUT2D eigenvalue weighted by Gasteiger charge is 2.33. The fraction of sp³-hybridized carbons (Fsp3) is 0.429. The molecule has 3 heterocycles. The van der Waals surface area contributed by atoms with Crippen LogP contribution in [0.4, 0.5) is 10.5 Å². The number of thiazole rings is 1. The molecular weight excluding hydrogens is 575 g/mol. The summed E-state index contributed by atoms with van der Waals surface area (Å²) in [5, 5.41) is 12.6. The highest BCUT2D eigenvalue weighted by atomic mass is 127. The van der Waals surface area contributed by atoms with E-state index >= 15 is 0 Å². The van der Waals surface area contributed by atoms with Gasteiger partial charge >= 0.3 is 6.09 Å². The summed E-state index contributed by atoms with van der Waals surface area (Å²) in [5.74, 6) is -0.219. The van der Waals surface area contributed by atoms with Crippen molar-refractivity contribution in [3.8, 4) is 10.6 Å². The number of amides is 2. The van der Waals surface area contributed by atoms with E-state index in [2.05, 4.69) is 47.1 Å². The molecular formula is C21H25IN6O3S2. The second kappa shape index (κ2) is 9.66. The summed E-state index contributed by atoms with van der Waals surface area (Å²) < 4.78 is 7.35. The van der Waals surface area contributed by atoms with Crippen molar-refractivity contribution in [3.63, 3.8) is 0 Å². The van der Waals surface area contributed by atoms with Gasteiger partial charge in [-0.1, -0.05) is 0 Å². The number of pyridine rings is 1. The Hall–Kier alpha value is -2.06. The number of hydrogen-bond donors (Lipinski definition) is 3. The number of carbonyl (C=O) groups excluding carboxylic acids is 2. The predicted molar refractivity (Wildman–Crippen MR) is 141 cm³/mol. The maximum Gasteiger partial charge on any atom is 0.407 e. The number of fused-ring (bicyclic) bond motifs is 1. The van der Waals surface area contributed by atoms with Gasteiger partial charge in [-0.05, 0) is 39.7 Å². The Morgan fingerprint density at radius 2 is 2.06 bits per heavy atom. The van der Waals surface area contributed by atoms with Gasteiger partial charge in [-0.3, -0.25) is 8.77 Å². The first-order valence-corrected chi connectivity index (χ1v) is 14.6. The Kier molecular flexibility index (Phi) is 7.05. The highest BCUT2D eigenvalue weighted by molar-refractivity contribution is 14.2. The van der Waals surface area contributed by atoms with Gasteiger partial charge in [-0.25, -0.2) is 14.8 Å². The third kappa shape index (κ3) is 5.38. The van der Waals surface area contributed by atoms with Crippen LogP contribution in [0.5, 0.6) is 0 Å². The quantitative estimate of drug-likeness (QED) is 0.348. The van der Waals surface area contributed by atoms with Crippen molar-refractivity contribution in [2.45, 2.75) is 51.3 Å². The number of aromatic nitrogens is 3. The van der Waals surface area contributed by atoms with Crippen molar-refractivity contribution >= 4 is 70.4 Å². The number of nitrogens with one attached hydrogen (secondary N) is 3. The van der Waals surface area contributed by atoms with Gasteiger partial charge in [0.05, 0.1) is 11.3 Å². The number of rotatable bonds is 6. The molecule has 0 atom stereocenters. The SMILES string of the molecule is CNC(=O)c1csc(-c2cnc3c(ccn3SI)c2N[C@H]2C[C@@H](NC(=O)OC(C)(C)C)C2)n1. The lowest BCUT2D eigenvalue weighted by atomic mass is 9.86. The first kappa shape index (κ1) is 24.1. The van der Waals surface area contributed by atoms with E-state index in [-0.39, 0.29) is 18.0 Å². The average Bonchev–Trinajstić information content (AvgIpc) is 3.37. The molecule has 0 aliphatic heterocycles. The van der Waals surface area contributed by atoms with Crippen LogP contribution < -0.4 is 16.0 Å². The molecule has 1 aliphatic rings. The highest BCUT2D eigenvalue weighted by Crippen LogP contribution is 2.39. The van der Waals surface area contributed by atoms with Gasteiger partial charge < -0.3 is 20.7 Å². The van der Waals surface area contributed by atoms with Crippen LogP contribution in [0.15, 0.2) is 23.8 Å². The summed E-state index contributed by atoms with van der Waals surface area (Å²) in [6.45, 7) is 5.55. The van der Waals surface area contributed by atoms with Gasteiger partial charge in [0.2, 0.25) is 0 Å². The standard InChI is InChI=1S/C21H25IN6O3S2/c1-21(2,3)31-20(30)26-12-7-11(8-12)25-16-13-5-6-28(33-22)17(13)24-9-14(16)19-27-15(10-32-19)18(29)23-4/h5-6,9-12H,7-8H2,1-4H3,(H,23,29)(H,24,25)(H,26,30)/t11-,12+. The Bertz CT molecular complexity index is 1180. The molecule has 2 amide bonds. The summed E-state index contributed by atoms with van der Waals surface area (Å²) in [7, 11) is 3.13. The summed E-state index contributed by atoms with van der Waals surface area (Å²) in [6, 6.07) is 2.28. The second-order valence-corrected chi connectivity index (χ2v) is 11.3. The molecule has 0 aromatic carbocycles. The van der Waals surface area contributed by atoms with Crippen molar-refractivity contribution in [2.75, 3.05) is 12.4 Å². The minimum absolute atomic E-state index is 0.0624. The zero-order valence-corrected chi connectivity index (χ0v) is 22.4. The molecule has 12 heteroatoms. The van der Waals surface area contributed by atoms with Crippen molar-refractivity contribution < 1.29 is 14.3 Å². The van der Waals surface area contributed by atoms with Gasteiger partial charge in [0.15, 0.2) is 5.65 Å². The van der Waals surface area contributed by atoms with Crippen LogP contribution >= 0.6 is 41.7 Å². The molecule has 176 valence electrons. The van der Waals surface area contributed by atoms with E-state index in [1.807, 2.05) is 37.0 Å². The minimum atomic E-state index is -0.520.